The molecule has 0 radical (unpaired) electrons. The maximum atomic E-state index is 12.6. The SMILES string of the molecule is O=C(Nc1ccc(Oc2ccccc2Cl)cc1)c1cccc(N2CCCS2(=O)=O)c1. The minimum atomic E-state index is -3.30. The number of ether oxygens (including phenoxy) is 1. The van der Waals surface area contributed by atoms with Gasteiger partial charge in [0.1, 0.15) is 11.5 Å². The van der Waals surface area contributed by atoms with Crippen LogP contribution in [0.25, 0.3) is 0 Å². The Bertz CT molecular complexity index is 1180. The molecule has 1 amide bonds. The lowest BCUT2D eigenvalue weighted by molar-refractivity contribution is 0.102. The fourth-order valence-corrected chi connectivity index (χ4v) is 4.93. The number of carbonyl (C=O) groups excluding carboxylic acids is 1. The number of amides is 1. The van der Waals surface area contributed by atoms with Gasteiger partial charge in [-0.1, -0.05) is 29.8 Å². The van der Waals surface area contributed by atoms with Gasteiger partial charge in [0.15, 0.2) is 0 Å². The van der Waals surface area contributed by atoms with Crippen LogP contribution in [0.1, 0.15) is 16.8 Å². The second kappa shape index (κ2) is 8.38. The highest BCUT2D eigenvalue weighted by Gasteiger charge is 2.28. The highest BCUT2D eigenvalue weighted by Crippen LogP contribution is 2.29. The van der Waals surface area contributed by atoms with Crippen molar-refractivity contribution in [3.8, 4) is 11.5 Å². The van der Waals surface area contributed by atoms with Crippen molar-refractivity contribution < 1.29 is 17.9 Å². The molecule has 0 saturated carbocycles. The number of rotatable bonds is 5. The molecule has 1 saturated heterocycles. The molecule has 8 heteroatoms. The Kier molecular flexibility index (Phi) is 5.65. The highest BCUT2D eigenvalue weighted by atomic mass is 35.5. The number of para-hydroxylation sites is 1. The lowest BCUT2D eigenvalue weighted by Gasteiger charge is -2.17. The van der Waals surface area contributed by atoms with Crippen LogP contribution >= 0.6 is 11.6 Å². The van der Waals surface area contributed by atoms with E-state index in [-0.39, 0.29) is 11.7 Å². The average Bonchev–Trinajstić information content (AvgIpc) is 3.10. The Balaban J connectivity index is 1.45. The first kappa shape index (κ1) is 20.3. The number of nitrogens with zero attached hydrogens (tertiary/aromatic N) is 1. The highest BCUT2D eigenvalue weighted by molar-refractivity contribution is 7.93. The lowest BCUT2D eigenvalue weighted by atomic mass is 10.1. The molecule has 1 N–H and O–H groups in total. The van der Waals surface area contributed by atoms with Crippen molar-refractivity contribution in [2.45, 2.75) is 6.42 Å². The molecular formula is C22H19ClN2O4S. The van der Waals surface area contributed by atoms with Crippen molar-refractivity contribution in [2.24, 2.45) is 0 Å². The van der Waals surface area contributed by atoms with E-state index in [1.807, 2.05) is 12.1 Å². The van der Waals surface area contributed by atoms with Gasteiger partial charge in [-0.15, -0.1) is 0 Å². The van der Waals surface area contributed by atoms with Gasteiger partial charge >= 0.3 is 0 Å². The van der Waals surface area contributed by atoms with Gasteiger partial charge in [0, 0.05) is 17.8 Å². The summed E-state index contributed by atoms with van der Waals surface area (Å²) in [6, 6.07) is 20.7. The van der Waals surface area contributed by atoms with Crippen LogP contribution < -0.4 is 14.4 Å². The molecular weight excluding hydrogens is 424 g/mol. The molecule has 0 aromatic heterocycles. The molecule has 6 nitrogen and oxygen atoms in total. The van der Waals surface area contributed by atoms with E-state index >= 15 is 0 Å². The number of benzene rings is 3. The second-order valence-electron chi connectivity index (χ2n) is 6.80. The van der Waals surface area contributed by atoms with Crippen molar-refractivity contribution in [1.82, 2.24) is 0 Å². The number of sulfonamides is 1. The summed E-state index contributed by atoms with van der Waals surface area (Å²) in [6.45, 7) is 0.431. The third kappa shape index (κ3) is 4.42. The zero-order valence-electron chi connectivity index (χ0n) is 15.9. The van der Waals surface area contributed by atoms with Crippen LogP contribution in [-0.4, -0.2) is 26.6 Å². The van der Waals surface area contributed by atoms with Crippen molar-refractivity contribution in [1.29, 1.82) is 0 Å². The van der Waals surface area contributed by atoms with Crippen LogP contribution in [-0.2, 0) is 10.0 Å². The Morgan fingerprint density at radius 3 is 2.47 bits per heavy atom. The fraction of sp³-hybridized carbons (Fsp3) is 0.136. The van der Waals surface area contributed by atoms with Gasteiger partial charge in [-0.2, -0.15) is 0 Å². The van der Waals surface area contributed by atoms with Crippen molar-refractivity contribution in [2.75, 3.05) is 21.9 Å². The van der Waals surface area contributed by atoms with E-state index in [0.29, 0.717) is 46.4 Å². The summed E-state index contributed by atoms with van der Waals surface area (Å²) in [5, 5.41) is 3.32. The summed E-state index contributed by atoms with van der Waals surface area (Å²) < 4.78 is 31.3. The first-order valence-corrected chi connectivity index (χ1v) is 11.4. The maximum Gasteiger partial charge on any atom is 0.255 e. The molecule has 154 valence electrons. The summed E-state index contributed by atoms with van der Waals surface area (Å²) in [6.07, 6.45) is 0.585. The molecule has 1 aliphatic heterocycles. The number of hydrogen-bond acceptors (Lipinski definition) is 4. The summed E-state index contributed by atoms with van der Waals surface area (Å²) in [4.78, 5) is 12.6. The molecule has 0 bridgehead atoms. The molecule has 4 rings (SSSR count). The van der Waals surface area contributed by atoms with Crippen LogP contribution in [0.5, 0.6) is 11.5 Å². The minimum Gasteiger partial charge on any atom is -0.456 e. The molecule has 0 unspecified atom stereocenters. The van der Waals surface area contributed by atoms with Crippen molar-refractivity contribution >= 4 is 38.9 Å². The first-order valence-electron chi connectivity index (χ1n) is 9.37. The van der Waals surface area contributed by atoms with E-state index in [9.17, 15) is 13.2 Å². The van der Waals surface area contributed by atoms with Gasteiger partial charge in [0.2, 0.25) is 10.0 Å². The largest absolute Gasteiger partial charge is 0.456 e. The van der Waals surface area contributed by atoms with Gasteiger partial charge in [-0.05, 0) is 61.0 Å². The van der Waals surface area contributed by atoms with Crippen LogP contribution in [0.15, 0.2) is 72.8 Å². The topological polar surface area (TPSA) is 75.7 Å². The molecule has 0 spiro atoms. The number of anilines is 2. The standard InChI is InChI=1S/C22H19ClN2O4S/c23-20-7-1-2-8-21(20)29-19-11-9-17(10-12-19)24-22(26)16-5-3-6-18(15-16)25-13-4-14-30(25,27)28/h1-3,5-12,15H,4,13-14H2,(H,24,26). The van der Waals surface area contributed by atoms with Gasteiger partial charge < -0.3 is 10.1 Å². The van der Waals surface area contributed by atoms with E-state index in [0.717, 1.165) is 0 Å². The molecule has 0 atom stereocenters. The normalized spacial score (nSPS) is 15.0. The van der Waals surface area contributed by atoms with E-state index < -0.39 is 10.0 Å². The Morgan fingerprint density at radius 2 is 1.77 bits per heavy atom. The summed E-state index contributed by atoms with van der Waals surface area (Å²) in [5.41, 5.74) is 1.47. The van der Waals surface area contributed by atoms with E-state index in [1.54, 1.807) is 60.7 Å². The zero-order valence-corrected chi connectivity index (χ0v) is 17.5. The van der Waals surface area contributed by atoms with E-state index in [4.69, 9.17) is 16.3 Å². The predicted molar refractivity (Wildman–Crippen MR) is 118 cm³/mol. The monoisotopic (exact) mass is 442 g/mol. The number of hydrogen-bond donors (Lipinski definition) is 1. The van der Waals surface area contributed by atoms with Gasteiger partial charge in [-0.3, -0.25) is 9.10 Å². The molecule has 3 aromatic carbocycles. The third-order valence-electron chi connectivity index (χ3n) is 4.67. The third-order valence-corrected chi connectivity index (χ3v) is 6.85. The summed E-state index contributed by atoms with van der Waals surface area (Å²) in [5.74, 6) is 0.937. The molecule has 3 aromatic rings. The zero-order chi connectivity index (χ0) is 21.1. The Hall–Kier alpha value is -3.03. The minimum absolute atomic E-state index is 0.131. The van der Waals surface area contributed by atoms with Crippen LogP contribution in [0.3, 0.4) is 0 Å². The predicted octanol–water partition coefficient (Wildman–Crippen LogP) is 4.92. The lowest BCUT2D eigenvalue weighted by Crippen LogP contribution is -2.25. The second-order valence-corrected chi connectivity index (χ2v) is 9.22. The molecule has 1 heterocycles. The van der Waals surface area contributed by atoms with Gasteiger partial charge in [-0.25, -0.2) is 8.42 Å². The number of carbonyl (C=O) groups is 1. The van der Waals surface area contributed by atoms with Gasteiger partial charge in [0.25, 0.3) is 5.91 Å². The van der Waals surface area contributed by atoms with Crippen molar-refractivity contribution in [3.05, 3.63) is 83.4 Å². The van der Waals surface area contributed by atoms with Crippen LogP contribution in [0, 0.1) is 0 Å². The van der Waals surface area contributed by atoms with Crippen LogP contribution in [0.4, 0.5) is 11.4 Å². The van der Waals surface area contributed by atoms with E-state index in [1.165, 1.54) is 4.31 Å². The van der Waals surface area contributed by atoms with E-state index in [2.05, 4.69) is 5.32 Å². The molecule has 0 aliphatic carbocycles. The van der Waals surface area contributed by atoms with Crippen LogP contribution in [0.2, 0.25) is 5.02 Å². The summed E-state index contributed by atoms with van der Waals surface area (Å²) in [7, 11) is -3.30. The Morgan fingerprint density at radius 1 is 1.00 bits per heavy atom. The first-order chi connectivity index (χ1) is 14.4. The molecule has 1 fully saturated rings. The quantitative estimate of drug-likeness (QED) is 0.608. The number of nitrogens with one attached hydrogen (secondary N) is 1. The molecule has 30 heavy (non-hydrogen) atoms. The number of halogens is 1. The van der Waals surface area contributed by atoms with Gasteiger partial charge in [0.05, 0.1) is 16.5 Å². The summed E-state index contributed by atoms with van der Waals surface area (Å²) >= 11 is 6.10. The average molecular weight is 443 g/mol. The molecule has 1 aliphatic rings. The fourth-order valence-electron chi connectivity index (χ4n) is 3.20. The Labute approximate surface area is 180 Å². The smallest absolute Gasteiger partial charge is 0.255 e. The maximum absolute atomic E-state index is 12.6. The van der Waals surface area contributed by atoms with Crippen molar-refractivity contribution in [3.63, 3.8) is 0 Å².